The number of carbonyl (C=O) groups is 1. The van der Waals surface area contributed by atoms with Crippen LogP contribution in [0.15, 0.2) is 36.5 Å². The second kappa shape index (κ2) is 8.70. The van der Waals surface area contributed by atoms with Gasteiger partial charge >= 0.3 is 6.18 Å². The number of fused-ring (bicyclic) bond motifs is 1. The summed E-state index contributed by atoms with van der Waals surface area (Å²) < 4.78 is 46.7. The molecule has 32 heavy (non-hydrogen) atoms. The van der Waals surface area contributed by atoms with Crippen LogP contribution in [0.2, 0.25) is 0 Å². The second-order valence-corrected chi connectivity index (χ2v) is 7.70. The van der Waals surface area contributed by atoms with E-state index >= 15 is 0 Å². The van der Waals surface area contributed by atoms with E-state index in [4.69, 9.17) is 4.74 Å². The molecule has 0 unspecified atom stereocenters. The predicted octanol–water partition coefficient (Wildman–Crippen LogP) is 2.99. The van der Waals surface area contributed by atoms with Gasteiger partial charge in [-0.25, -0.2) is 4.98 Å². The Labute approximate surface area is 182 Å². The van der Waals surface area contributed by atoms with Gasteiger partial charge in [0.25, 0.3) is 0 Å². The van der Waals surface area contributed by atoms with E-state index in [0.29, 0.717) is 31.9 Å². The summed E-state index contributed by atoms with van der Waals surface area (Å²) in [6.45, 7) is 1.70. The number of rotatable bonds is 5. The Morgan fingerprint density at radius 1 is 1.19 bits per heavy atom. The Morgan fingerprint density at radius 2 is 1.94 bits per heavy atom. The molecule has 0 spiro atoms. The fourth-order valence-corrected chi connectivity index (χ4v) is 3.85. The highest BCUT2D eigenvalue weighted by molar-refractivity contribution is 5.90. The summed E-state index contributed by atoms with van der Waals surface area (Å²) in [4.78, 5) is 18.2. The third-order valence-electron chi connectivity index (χ3n) is 5.44. The maximum atomic E-state index is 13.2. The van der Waals surface area contributed by atoms with Crippen molar-refractivity contribution in [2.75, 3.05) is 31.2 Å². The minimum Gasteiger partial charge on any atom is -0.508 e. The van der Waals surface area contributed by atoms with E-state index in [1.165, 1.54) is 6.07 Å². The topological polar surface area (TPSA) is 79.6 Å². The van der Waals surface area contributed by atoms with Crippen molar-refractivity contribution in [2.24, 2.45) is 7.05 Å². The molecule has 2 N–H and O–H groups in total. The molecule has 0 aliphatic carbocycles. The number of phenols is 1. The van der Waals surface area contributed by atoms with Crippen molar-refractivity contribution in [3.63, 3.8) is 0 Å². The third kappa shape index (κ3) is 4.64. The first-order valence-electron chi connectivity index (χ1n) is 10.2. The van der Waals surface area contributed by atoms with Gasteiger partial charge in [-0.05, 0) is 29.8 Å². The average Bonchev–Trinajstić information content (AvgIpc) is 3.06. The average molecular weight is 448 g/mol. The summed E-state index contributed by atoms with van der Waals surface area (Å²) in [5, 5.41) is 13.3. The molecule has 4 rings (SSSR count). The highest BCUT2D eigenvalue weighted by Gasteiger charge is 2.33. The number of benzene rings is 1. The molecule has 3 aromatic rings. The van der Waals surface area contributed by atoms with Crippen LogP contribution in [0.1, 0.15) is 16.8 Å². The third-order valence-corrected chi connectivity index (χ3v) is 5.44. The Hall–Kier alpha value is -3.27. The van der Waals surface area contributed by atoms with Crippen LogP contribution < -0.4 is 10.2 Å². The summed E-state index contributed by atoms with van der Waals surface area (Å²) in [5.41, 5.74) is 1.16. The van der Waals surface area contributed by atoms with Crippen LogP contribution in [0.25, 0.3) is 10.9 Å². The van der Waals surface area contributed by atoms with Gasteiger partial charge in [0.05, 0.1) is 19.6 Å². The van der Waals surface area contributed by atoms with Crippen LogP contribution in [-0.2, 0) is 35.7 Å². The van der Waals surface area contributed by atoms with E-state index in [-0.39, 0.29) is 30.4 Å². The first kappa shape index (κ1) is 21.9. The molecule has 7 nitrogen and oxygen atoms in total. The molecule has 2 aromatic heterocycles. The highest BCUT2D eigenvalue weighted by Crippen LogP contribution is 2.31. The Bertz CT molecular complexity index is 1140. The number of nitrogens with one attached hydrogen (secondary N) is 1. The van der Waals surface area contributed by atoms with Crippen molar-refractivity contribution in [2.45, 2.75) is 19.1 Å². The monoisotopic (exact) mass is 448 g/mol. The first-order valence-corrected chi connectivity index (χ1v) is 10.2. The van der Waals surface area contributed by atoms with E-state index in [1.807, 2.05) is 17.8 Å². The number of morpholine rings is 1. The zero-order valence-electron chi connectivity index (χ0n) is 17.4. The Kier molecular flexibility index (Phi) is 5.96. The molecule has 1 aliphatic heterocycles. The summed E-state index contributed by atoms with van der Waals surface area (Å²) in [5.74, 6) is 0.0310. The number of aromatic hydroxyl groups is 1. The van der Waals surface area contributed by atoms with Crippen molar-refractivity contribution in [1.29, 1.82) is 0 Å². The molecule has 170 valence electrons. The lowest BCUT2D eigenvalue weighted by Gasteiger charge is -2.30. The van der Waals surface area contributed by atoms with E-state index in [0.717, 1.165) is 22.5 Å². The van der Waals surface area contributed by atoms with Crippen molar-refractivity contribution >= 4 is 22.6 Å². The van der Waals surface area contributed by atoms with E-state index < -0.39 is 11.9 Å². The van der Waals surface area contributed by atoms with Gasteiger partial charge in [-0.3, -0.25) is 4.79 Å². The number of hydrogen-bond acceptors (Lipinski definition) is 5. The number of pyridine rings is 1. The predicted molar refractivity (Wildman–Crippen MR) is 112 cm³/mol. The summed E-state index contributed by atoms with van der Waals surface area (Å²) in [6, 6.07) is 7.25. The zero-order valence-corrected chi connectivity index (χ0v) is 17.4. The lowest BCUT2D eigenvalue weighted by Crippen LogP contribution is -2.38. The SMILES string of the molecule is Cn1cc(CC(=O)NCc2ccc(C(F)(F)F)nc2N2CCOCC2)c2cc(O)ccc21. The number of halogens is 3. The van der Waals surface area contributed by atoms with Gasteiger partial charge in [0, 0.05) is 49.3 Å². The number of ether oxygens (including phenoxy) is 1. The molecule has 1 saturated heterocycles. The molecule has 3 heterocycles. The van der Waals surface area contributed by atoms with E-state index in [1.54, 1.807) is 23.1 Å². The zero-order chi connectivity index (χ0) is 22.9. The number of phenolic OH excluding ortho intramolecular Hbond substituents is 1. The fraction of sp³-hybridized carbons (Fsp3) is 0.364. The van der Waals surface area contributed by atoms with Gasteiger partial charge in [0.1, 0.15) is 17.3 Å². The molecule has 1 amide bonds. The van der Waals surface area contributed by atoms with Crippen LogP contribution in [-0.4, -0.2) is 46.9 Å². The van der Waals surface area contributed by atoms with Gasteiger partial charge < -0.3 is 24.6 Å². The first-order chi connectivity index (χ1) is 15.2. The number of hydrogen-bond donors (Lipinski definition) is 2. The molecule has 0 saturated carbocycles. The number of aromatic nitrogens is 2. The lowest BCUT2D eigenvalue weighted by molar-refractivity contribution is -0.141. The maximum Gasteiger partial charge on any atom is 0.433 e. The number of carbonyl (C=O) groups excluding carboxylic acids is 1. The van der Waals surface area contributed by atoms with Gasteiger partial charge in [-0.15, -0.1) is 0 Å². The molecule has 10 heteroatoms. The molecule has 1 aliphatic rings. The van der Waals surface area contributed by atoms with Gasteiger partial charge in [0.15, 0.2) is 0 Å². The molecule has 1 fully saturated rings. The number of amides is 1. The maximum absolute atomic E-state index is 13.2. The largest absolute Gasteiger partial charge is 0.508 e. The number of anilines is 1. The van der Waals surface area contributed by atoms with Gasteiger partial charge in [0.2, 0.25) is 5.91 Å². The number of nitrogens with zero attached hydrogens (tertiary/aromatic N) is 3. The van der Waals surface area contributed by atoms with Crippen LogP contribution in [0, 0.1) is 0 Å². The lowest BCUT2D eigenvalue weighted by atomic mass is 10.1. The standard InChI is InChI=1S/C22H23F3N4O3/c1-28-13-15(17-11-16(30)3-4-18(17)28)10-20(31)26-12-14-2-5-19(22(23,24)25)27-21(14)29-6-8-32-9-7-29/h2-5,11,13,30H,6-10,12H2,1H3,(H,26,31). The number of alkyl halides is 3. The molecule has 0 radical (unpaired) electrons. The minimum atomic E-state index is -4.55. The molecular weight excluding hydrogens is 425 g/mol. The van der Waals surface area contributed by atoms with E-state index in [9.17, 15) is 23.1 Å². The summed E-state index contributed by atoms with van der Waals surface area (Å²) >= 11 is 0. The van der Waals surface area contributed by atoms with Crippen molar-refractivity contribution in [3.05, 3.63) is 53.3 Å². The van der Waals surface area contributed by atoms with Crippen molar-refractivity contribution in [1.82, 2.24) is 14.9 Å². The van der Waals surface area contributed by atoms with Crippen LogP contribution in [0.4, 0.5) is 19.0 Å². The Balaban J connectivity index is 1.52. The highest BCUT2D eigenvalue weighted by atomic mass is 19.4. The minimum absolute atomic E-state index is 0.0483. The fourth-order valence-electron chi connectivity index (χ4n) is 3.85. The smallest absolute Gasteiger partial charge is 0.433 e. The van der Waals surface area contributed by atoms with Crippen molar-refractivity contribution in [3.8, 4) is 5.75 Å². The van der Waals surface area contributed by atoms with Gasteiger partial charge in [-0.2, -0.15) is 13.2 Å². The molecule has 0 bridgehead atoms. The van der Waals surface area contributed by atoms with Gasteiger partial charge in [-0.1, -0.05) is 6.07 Å². The summed E-state index contributed by atoms with van der Waals surface area (Å²) in [6.07, 6.45) is -2.66. The summed E-state index contributed by atoms with van der Waals surface area (Å²) in [7, 11) is 1.85. The second-order valence-electron chi connectivity index (χ2n) is 7.70. The molecular formula is C22H23F3N4O3. The molecule has 1 aromatic carbocycles. The molecule has 0 atom stereocenters. The normalized spacial score (nSPS) is 14.7. The van der Waals surface area contributed by atoms with Crippen molar-refractivity contribution < 1.29 is 27.8 Å². The van der Waals surface area contributed by atoms with Crippen LogP contribution in [0.5, 0.6) is 5.75 Å². The number of aryl methyl sites for hydroxylation is 1. The Morgan fingerprint density at radius 3 is 2.66 bits per heavy atom. The quantitative estimate of drug-likeness (QED) is 0.628. The van der Waals surface area contributed by atoms with E-state index in [2.05, 4.69) is 10.3 Å². The van der Waals surface area contributed by atoms with Crippen LogP contribution in [0.3, 0.4) is 0 Å². The van der Waals surface area contributed by atoms with Crippen LogP contribution >= 0.6 is 0 Å².